The molecule has 0 bridgehead atoms. The van der Waals surface area contributed by atoms with Gasteiger partial charge >= 0.3 is 0 Å². The first-order valence-electron chi connectivity index (χ1n) is 6.70. The van der Waals surface area contributed by atoms with Gasteiger partial charge in [0.25, 0.3) is 0 Å². The highest BCUT2D eigenvalue weighted by Crippen LogP contribution is 2.30. The number of rotatable bonds is 1. The first-order chi connectivity index (χ1) is 8.34. The maximum absolute atomic E-state index is 5.99. The molecular weight excluding hydrogens is 210 g/mol. The summed E-state index contributed by atoms with van der Waals surface area (Å²) in [6.07, 6.45) is 5.27. The molecule has 0 aliphatic carbocycles. The van der Waals surface area contributed by atoms with Crippen LogP contribution in [-0.2, 0) is 6.42 Å². The molecule has 1 aromatic rings. The normalized spacial score (nSPS) is 25.1. The average Bonchev–Trinajstić information content (AvgIpc) is 2.40. The summed E-state index contributed by atoms with van der Waals surface area (Å²) in [5, 5.41) is 3.51. The van der Waals surface area contributed by atoms with E-state index in [0.29, 0.717) is 6.04 Å². The first-order valence-corrected chi connectivity index (χ1v) is 6.70. The van der Waals surface area contributed by atoms with Crippen molar-refractivity contribution in [3.8, 4) is 0 Å². The van der Waals surface area contributed by atoms with Gasteiger partial charge < -0.3 is 11.1 Å². The fourth-order valence-electron chi connectivity index (χ4n) is 3.09. The van der Waals surface area contributed by atoms with Gasteiger partial charge in [-0.2, -0.15) is 0 Å². The lowest BCUT2D eigenvalue weighted by Gasteiger charge is -2.38. The maximum Gasteiger partial charge on any atom is 0.0607 e. The molecule has 0 amide bonds. The Hall–Kier alpha value is -1.22. The number of hydrogen-bond donors (Lipinski definition) is 2. The van der Waals surface area contributed by atoms with E-state index in [-0.39, 0.29) is 0 Å². The van der Waals surface area contributed by atoms with Crippen LogP contribution in [0.5, 0.6) is 0 Å². The van der Waals surface area contributed by atoms with Crippen molar-refractivity contribution in [2.24, 2.45) is 0 Å². The lowest BCUT2D eigenvalue weighted by Crippen LogP contribution is -2.46. The monoisotopic (exact) mass is 231 g/mol. The first kappa shape index (κ1) is 10.9. The van der Waals surface area contributed by atoms with Crippen molar-refractivity contribution in [2.75, 3.05) is 30.7 Å². The average molecular weight is 231 g/mol. The fraction of sp³-hybridized carbons (Fsp3) is 0.571. The highest BCUT2D eigenvalue weighted by atomic mass is 15.2. The second-order valence-corrected chi connectivity index (χ2v) is 5.22. The predicted octanol–water partition coefficient (Wildman–Crippen LogP) is 2.09. The summed E-state index contributed by atoms with van der Waals surface area (Å²) in [7, 11) is 0. The van der Waals surface area contributed by atoms with Crippen molar-refractivity contribution in [2.45, 2.75) is 31.7 Å². The maximum atomic E-state index is 5.99. The molecule has 1 saturated heterocycles. The summed E-state index contributed by atoms with van der Waals surface area (Å²) < 4.78 is 0. The number of nitrogens with two attached hydrogens (primary N) is 1. The van der Waals surface area contributed by atoms with Gasteiger partial charge in [-0.3, -0.25) is 4.90 Å². The third kappa shape index (κ3) is 2.12. The van der Waals surface area contributed by atoms with E-state index in [1.54, 1.807) is 0 Å². The minimum atomic E-state index is 0.657. The molecule has 17 heavy (non-hydrogen) atoms. The minimum absolute atomic E-state index is 0.657. The molecule has 1 atom stereocenters. The van der Waals surface area contributed by atoms with E-state index in [1.165, 1.54) is 43.6 Å². The second-order valence-electron chi connectivity index (χ2n) is 5.22. The van der Waals surface area contributed by atoms with Gasteiger partial charge in [0.2, 0.25) is 0 Å². The number of piperidine rings is 1. The zero-order valence-electron chi connectivity index (χ0n) is 10.3. The molecule has 3 nitrogen and oxygen atoms in total. The highest BCUT2D eigenvalue weighted by Gasteiger charge is 2.25. The standard InChI is InChI=1S/C14H21N3/c15-13-6-4-5-11-9-12(10-16-14(11)13)17-7-2-1-3-8-17/h4-6,12,16H,1-3,7-10,15H2. The van der Waals surface area contributed by atoms with Gasteiger partial charge in [-0.05, 0) is 44.0 Å². The third-order valence-electron chi connectivity index (χ3n) is 4.06. The molecule has 0 radical (unpaired) electrons. The van der Waals surface area contributed by atoms with Gasteiger partial charge in [-0.1, -0.05) is 18.6 Å². The summed E-state index contributed by atoms with van der Waals surface area (Å²) in [5.74, 6) is 0. The van der Waals surface area contributed by atoms with Gasteiger partial charge in [0.05, 0.1) is 11.4 Å². The van der Waals surface area contributed by atoms with E-state index >= 15 is 0 Å². The summed E-state index contributed by atoms with van der Waals surface area (Å²) in [4.78, 5) is 2.64. The van der Waals surface area contributed by atoms with Crippen LogP contribution in [0.3, 0.4) is 0 Å². The van der Waals surface area contributed by atoms with Crippen LogP contribution in [0.4, 0.5) is 11.4 Å². The number of hydrogen-bond acceptors (Lipinski definition) is 3. The van der Waals surface area contributed by atoms with Crippen molar-refractivity contribution in [3.63, 3.8) is 0 Å². The Morgan fingerprint density at radius 2 is 2.00 bits per heavy atom. The number of nitrogens with zero attached hydrogens (tertiary/aromatic N) is 1. The van der Waals surface area contributed by atoms with Crippen molar-refractivity contribution in [1.82, 2.24) is 4.90 Å². The van der Waals surface area contributed by atoms with E-state index < -0.39 is 0 Å². The number of benzene rings is 1. The number of para-hydroxylation sites is 1. The van der Waals surface area contributed by atoms with Gasteiger partial charge in [-0.15, -0.1) is 0 Å². The minimum Gasteiger partial charge on any atom is -0.397 e. The van der Waals surface area contributed by atoms with Crippen LogP contribution in [0.15, 0.2) is 18.2 Å². The van der Waals surface area contributed by atoms with Gasteiger partial charge in [0, 0.05) is 12.6 Å². The summed E-state index contributed by atoms with van der Waals surface area (Å²) in [5.41, 5.74) is 9.43. The van der Waals surface area contributed by atoms with Crippen LogP contribution >= 0.6 is 0 Å². The van der Waals surface area contributed by atoms with E-state index in [1.807, 2.05) is 6.07 Å². The summed E-state index contributed by atoms with van der Waals surface area (Å²) >= 11 is 0. The van der Waals surface area contributed by atoms with Crippen molar-refractivity contribution in [3.05, 3.63) is 23.8 Å². The third-order valence-corrected chi connectivity index (χ3v) is 4.06. The largest absolute Gasteiger partial charge is 0.397 e. The number of nitrogen functional groups attached to an aromatic ring is 1. The van der Waals surface area contributed by atoms with Crippen LogP contribution in [0, 0.1) is 0 Å². The van der Waals surface area contributed by atoms with Crippen molar-refractivity contribution < 1.29 is 0 Å². The molecule has 92 valence electrons. The number of fused-ring (bicyclic) bond motifs is 1. The molecule has 2 heterocycles. The SMILES string of the molecule is Nc1cccc2c1NCC(N1CCCCC1)C2. The number of anilines is 2. The summed E-state index contributed by atoms with van der Waals surface area (Å²) in [6.45, 7) is 3.58. The quantitative estimate of drug-likeness (QED) is 0.727. The second kappa shape index (κ2) is 4.57. The summed E-state index contributed by atoms with van der Waals surface area (Å²) in [6, 6.07) is 6.90. The molecule has 3 heteroatoms. The van der Waals surface area contributed by atoms with Gasteiger partial charge in [0.1, 0.15) is 0 Å². The van der Waals surface area contributed by atoms with Crippen molar-refractivity contribution in [1.29, 1.82) is 0 Å². The molecule has 1 fully saturated rings. The van der Waals surface area contributed by atoms with Crippen LogP contribution < -0.4 is 11.1 Å². The lowest BCUT2D eigenvalue weighted by atomic mass is 9.96. The Morgan fingerprint density at radius 3 is 2.82 bits per heavy atom. The van der Waals surface area contributed by atoms with E-state index in [9.17, 15) is 0 Å². The van der Waals surface area contributed by atoms with Crippen LogP contribution in [0.2, 0.25) is 0 Å². The Balaban J connectivity index is 1.76. The van der Waals surface area contributed by atoms with Crippen LogP contribution in [-0.4, -0.2) is 30.6 Å². The molecule has 0 aromatic heterocycles. The number of nitrogens with one attached hydrogen (secondary N) is 1. The van der Waals surface area contributed by atoms with E-state index in [2.05, 4.69) is 22.3 Å². The fourth-order valence-corrected chi connectivity index (χ4v) is 3.09. The zero-order chi connectivity index (χ0) is 11.7. The van der Waals surface area contributed by atoms with E-state index in [4.69, 9.17) is 5.73 Å². The topological polar surface area (TPSA) is 41.3 Å². The van der Waals surface area contributed by atoms with E-state index in [0.717, 1.165) is 18.7 Å². The molecule has 2 aliphatic rings. The molecule has 3 rings (SSSR count). The zero-order valence-corrected chi connectivity index (χ0v) is 10.3. The Bertz CT molecular complexity index is 396. The van der Waals surface area contributed by atoms with Crippen LogP contribution in [0.25, 0.3) is 0 Å². The molecule has 1 aromatic carbocycles. The Labute approximate surface area is 103 Å². The molecule has 2 aliphatic heterocycles. The number of likely N-dealkylation sites (tertiary alicyclic amines) is 1. The predicted molar refractivity (Wildman–Crippen MR) is 72.3 cm³/mol. The van der Waals surface area contributed by atoms with Gasteiger partial charge in [0.15, 0.2) is 0 Å². The Kier molecular flexibility index (Phi) is 2.93. The Morgan fingerprint density at radius 1 is 1.18 bits per heavy atom. The van der Waals surface area contributed by atoms with Crippen LogP contribution in [0.1, 0.15) is 24.8 Å². The molecule has 3 N–H and O–H groups in total. The lowest BCUT2D eigenvalue weighted by molar-refractivity contribution is 0.166. The molecular formula is C14H21N3. The highest BCUT2D eigenvalue weighted by molar-refractivity contribution is 5.71. The molecule has 0 saturated carbocycles. The van der Waals surface area contributed by atoms with Crippen molar-refractivity contribution >= 4 is 11.4 Å². The van der Waals surface area contributed by atoms with Gasteiger partial charge in [-0.25, -0.2) is 0 Å². The molecule has 0 spiro atoms. The molecule has 1 unspecified atom stereocenters. The smallest absolute Gasteiger partial charge is 0.0607 e.